The predicted molar refractivity (Wildman–Crippen MR) is 58.4 cm³/mol. The molecule has 0 saturated carbocycles. The van der Waals surface area contributed by atoms with Crippen LogP contribution in [0.3, 0.4) is 0 Å². The fourth-order valence-electron chi connectivity index (χ4n) is 2.23. The first-order chi connectivity index (χ1) is 7.11. The highest BCUT2D eigenvalue weighted by Crippen LogP contribution is 2.48. The standard InChI is InChI=1S/C11H11F2NO.ClH/c12-11(13)5-10(6-14-7-10)15-9-4-2-1-3-8(9)11;/h1-4,14H,5-7H2;1H. The van der Waals surface area contributed by atoms with Crippen LogP contribution in [0.25, 0.3) is 0 Å². The number of alkyl halides is 2. The van der Waals surface area contributed by atoms with Crippen molar-refractivity contribution < 1.29 is 13.5 Å². The monoisotopic (exact) mass is 247 g/mol. The van der Waals surface area contributed by atoms with Crippen LogP contribution in [-0.2, 0) is 5.92 Å². The molecule has 0 aromatic heterocycles. The predicted octanol–water partition coefficient (Wildman–Crippen LogP) is 2.32. The van der Waals surface area contributed by atoms with Crippen molar-refractivity contribution in [2.75, 3.05) is 13.1 Å². The third kappa shape index (κ3) is 1.57. The van der Waals surface area contributed by atoms with Gasteiger partial charge in [0.2, 0.25) is 0 Å². The normalized spacial score (nSPS) is 23.6. The van der Waals surface area contributed by atoms with Gasteiger partial charge < -0.3 is 10.1 Å². The van der Waals surface area contributed by atoms with Gasteiger partial charge in [0.25, 0.3) is 5.92 Å². The Morgan fingerprint density at radius 2 is 1.88 bits per heavy atom. The minimum Gasteiger partial charge on any atom is -0.484 e. The molecular weight excluding hydrogens is 236 g/mol. The summed E-state index contributed by atoms with van der Waals surface area (Å²) >= 11 is 0. The van der Waals surface area contributed by atoms with Gasteiger partial charge in [0.1, 0.15) is 11.4 Å². The number of halogens is 3. The summed E-state index contributed by atoms with van der Waals surface area (Å²) in [5.41, 5.74) is -0.666. The number of hydrogen-bond donors (Lipinski definition) is 1. The first-order valence-electron chi connectivity index (χ1n) is 4.98. The van der Waals surface area contributed by atoms with Gasteiger partial charge in [-0.15, -0.1) is 12.4 Å². The van der Waals surface area contributed by atoms with E-state index in [9.17, 15) is 8.78 Å². The minimum atomic E-state index is -2.77. The maximum atomic E-state index is 13.8. The van der Waals surface area contributed by atoms with Gasteiger partial charge in [0.05, 0.1) is 12.0 Å². The second-order valence-corrected chi connectivity index (χ2v) is 4.27. The Hall–Kier alpha value is -0.870. The van der Waals surface area contributed by atoms with E-state index in [0.717, 1.165) is 0 Å². The SMILES string of the molecule is Cl.FC1(F)CC2(CNC2)Oc2ccccc21. The van der Waals surface area contributed by atoms with Crippen LogP contribution in [-0.4, -0.2) is 18.7 Å². The van der Waals surface area contributed by atoms with Gasteiger partial charge in [-0.05, 0) is 12.1 Å². The summed E-state index contributed by atoms with van der Waals surface area (Å²) in [6.07, 6.45) is -0.218. The molecule has 2 aliphatic rings. The van der Waals surface area contributed by atoms with Gasteiger partial charge in [-0.1, -0.05) is 12.1 Å². The van der Waals surface area contributed by atoms with Crippen LogP contribution in [0.4, 0.5) is 8.78 Å². The third-order valence-electron chi connectivity index (χ3n) is 3.05. The summed E-state index contributed by atoms with van der Waals surface area (Å²) in [4.78, 5) is 0. The lowest BCUT2D eigenvalue weighted by molar-refractivity contribution is -0.124. The van der Waals surface area contributed by atoms with E-state index in [1.165, 1.54) is 6.07 Å². The fourth-order valence-corrected chi connectivity index (χ4v) is 2.23. The first-order valence-corrected chi connectivity index (χ1v) is 4.98. The molecule has 3 rings (SSSR count). The van der Waals surface area contributed by atoms with E-state index in [1.54, 1.807) is 18.2 Å². The number of benzene rings is 1. The van der Waals surface area contributed by atoms with Crippen LogP contribution in [0, 0.1) is 0 Å². The van der Waals surface area contributed by atoms with E-state index in [1.807, 2.05) is 0 Å². The lowest BCUT2D eigenvalue weighted by Crippen LogP contribution is -2.66. The lowest BCUT2D eigenvalue weighted by Gasteiger charge is -2.47. The molecule has 0 amide bonds. The number of nitrogens with one attached hydrogen (secondary N) is 1. The molecule has 1 N–H and O–H groups in total. The molecule has 0 aliphatic carbocycles. The van der Waals surface area contributed by atoms with Crippen molar-refractivity contribution in [3.63, 3.8) is 0 Å². The molecule has 88 valence electrons. The molecule has 0 bridgehead atoms. The Balaban J connectivity index is 0.000000963. The zero-order valence-electron chi connectivity index (χ0n) is 8.50. The van der Waals surface area contributed by atoms with Crippen LogP contribution in [0.1, 0.15) is 12.0 Å². The van der Waals surface area contributed by atoms with Gasteiger partial charge in [0, 0.05) is 13.1 Å². The molecule has 1 fully saturated rings. The summed E-state index contributed by atoms with van der Waals surface area (Å²) in [7, 11) is 0. The summed E-state index contributed by atoms with van der Waals surface area (Å²) in [6.45, 7) is 1.02. The maximum absolute atomic E-state index is 13.8. The largest absolute Gasteiger partial charge is 0.484 e. The highest BCUT2D eigenvalue weighted by atomic mass is 35.5. The van der Waals surface area contributed by atoms with Crippen molar-refractivity contribution in [1.29, 1.82) is 0 Å². The number of para-hydroxylation sites is 1. The fraction of sp³-hybridized carbons (Fsp3) is 0.455. The summed E-state index contributed by atoms with van der Waals surface area (Å²) in [5, 5.41) is 2.98. The summed E-state index contributed by atoms with van der Waals surface area (Å²) in [6, 6.07) is 6.39. The third-order valence-corrected chi connectivity index (χ3v) is 3.05. The average Bonchev–Trinajstić information content (AvgIpc) is 2.14. The molecule has 16 heavy (non-hydrogen) atoms. The second-order valence-electron chi connectivity index (χ2n) is 4.27. The van der Waals surface area contributed by atoms with Crippen molar-refractivity contribution >= 4 is 12.4 Å². The van der Waals surface area contributed by atoms with Gasteiger partial charge in [-0.2, -0.15) is 0 Å². The molecule has 2 nitrogen and oxygen atoms in total. The van der Waals surface area contributed by atoms with Gasteiger partial charge in [-0.25, -0.2) is 8.78 Å². The first kappa shape index (κ1) is 11.6. The molecule has 2 heterocycles. The molecule has 0 radical (unpaired) electrons. The number of fused-ring (bicyclic) bond motifs is 1. The molecule has 1 saturated heterocycles. The van der Waals surface area contributed by atoms with Crippen molar-refractivity contribution in [3.05, 3.63) is 29.8 Å². The Kier molecular flexibility index (Phi) is 2.59. The second kappa shape index (κ2) is 3.57. The minimum absolute atomic E-state index is 0. The van der Waals surface area contributed by atoms with Crippen LogP contribution >= 0.6 is 12.4 Å². The van der Waals surface area contributed by atoms with Gasteiger partial charge in [0.15, 0.2) is 0 Å². The van der Waals surface area contributed by atoms with Crippen LogP contribution < -0.4 is 10.1 Å². The Morgan fingerprint density at radius 1 is 1.19 bits per heavy atom. The quantitative estimate of drug-likeness (QED) is 0.760. The van der Waals surface area contributed by atoms with Crippen molar-refractivity contribution in [2.45, 2.75) is 17.9 Å². The molecule has 1 aromatic rings. The molecule has 1 aromatic carbocycles. The molecular formula is C11H12ClF2NO. The number of hydrogen-bond acceptors (Lipinski definition) is 2. The van der Waals surface area contributed by atoms with E-state index < -0.39 is 11.5 Å². The van der Waals surface area contributed by atoms with Crippen LogP contribution in [0.15, 0.2) is 24.3 Å². The average molecular weight is 248 g/mol. The number of ether oxygens (including phenoxy) is 1. The van der Waals surface area contributed by atoms with Crippen molar-refractivity contribution in [3.8, 4) is 5.75 Å². The molecule has 5 heteroatoms. The smallest absolute Gasteiger partial charge is 0.280 e. The summed E-state index contributed by atoms with van der Waals surface area (Å²) in [5.74, 6) is -2.44. The Labute approximate surface area is 98.4 Å². The summed E-state index contributed by atoms with van der Waals surface area (Å²) < 4.78 is 33.3. The molecule has 1 spiro atoms. The molecule has 2 aliphatic heterocycles. The number of rotatable bonds is 0. The van der Waals surface area contributed by atoms with Crippen LogP contribution in [0.2, 0.25) is 0 Å². The topological polar surface area (TPSA) is 21.3 Å². The van der Waals surface area contributed by atoms with E-state index in [4.69, 9.17) is 4.74 Å². The highest BCUT2D eigenvalue weighted by Gasteiger charge is 2.53. The van der Waals surface area contributed by atoms with Gasteiger partial charge in [-0.3, -0.25) is 0 Å². The van der Waals surface area contributed by atoms with Crippen LogP contribution in [0.5, 0.6) is 5.75 Å². The highest BCUT2D eigenvalue weighted by molar-refractivity contribution is 5.85. The van der Waals surface area contributed by atoms with Crippen molar-refractivity contribution in [2.24, 2.45) is 0 Å². The molecule has 0 unspecified atom stereocenters. The Bertz CT molecular complexity index is 407. The van der Waals surface area contributed by atoms with E-state index in [2.05, 4.69) is 5.32 Å². The van der Waals surface area contributed by atoms with Crippen molar-refractivity contribution in [1.82, 2.24) is 5.32 Å². The lowest BCUT2D eigenvalue weighted by atomic mass is 9.84. The van der Waals surface area contributed by atoms with E-state index in [-0.39, 0.29) is 24.4 Å². The van der Waals surface area contributed by atoms with E-state index in [0.29, 0.717) is 18.8 Å². The zero-order valence-corrected chi connectivity index (χ0v) is 9.32. The zero-order chi connectivity index (χ0) is 10.5. The molecule has 0 atom stereocenters. The van der Waals surface area contributed by atoms with E-state index >= 15 is 0 Å². The Morgan fingerprint density at radius 3 is 2.50 bits per heavy atom. The van der Waals surface area contributed by atoms with Gasteiger partial charge >= 0.3 is 0 Å². The maximum Gasteiger partial charge on any atom is 0.280 e.